The van der Waals surface area contributed by atoms with Gasteiger partial charge in [-0.25, -0.2) is 0 Å². The second kappa shape index (κ2) is 6.62. The van der Waals surface area contributed by atoms with E-state index in [9.17, 15) is 4.79 Å². The minimum Gasteiger partial charge on any atom is -0.396 e. The molecule has 0 aromatic rings. The van der Waals surface area contributed by atoms with E-state index in [4.69, 9.17) is 10.8 Å². The molecule has 2 unspecified atom stereocenters. The highest BCUT2D eigenvalue weighted by molar-refractivity contribution is 5.81. The standard InChI is InChI=1S/C9H18N2O2/c1-3-4-8(10)9(13)11-7(2)5-6-12/h3,7-8,12H,1,4-6,10H2,2H3,(H,11,13). The molecule has 0 fully saturated rings. The number of nitrogens with two attached hydrogens (primary N) is 1. The van der Waals surface area contributed by atoms with E-state index in [1.54, 1.807) is 6.08 Å². The third kappa shape index (κ3) is 5.38. The molecule has 0 aromatic heterocycles. The Bertz CT molecular complexity index is 171. The molecule has 0 saturated carbocycles. The van der Waals surface area contributed by atoms with Gasteiger partial charge in [0, 0.05) is 12.6 Å². The van der Waals surface area contributed by atoms with Crippen LogP contribution in [0.5, 0.6) is 0 Å². The van der Waals surface area contributed by atoms with Crippen LogP contribution in [0.4, 0.5) is 0 Å². The van der Waals surface area contributed by atoms with Gasteiger partial charge in [-0.1, -0.05) is 6.08 Å². The first-order valence-corrected chi connectivity index (χ1v) is 4.39. The molecule has 13 heavy (non-hydrogen) atoms. The summed E-state index contributed by atoms with van der Waals surface area (Å²) in [5.41, 5.74) is 5.53. The number of hydrogen-bond donors (Lipinski definition) is 3. The first-order valence-electron chi connectivity index (χ1n) is 4.39. The number of amides is 1. The quantitative estimate of drug-likeness (QED) is 0.502. The van der Waals surface area contributed by atoms with Gasteiger partial charge < -0.3 is 16.2 Å². The zero-order valence-electron chi connectivity index (χ0n) is 7.99. The lowest BCUT2D eigenvalue weighted by Crippen LogP contribution is -2.44. The third-order valence-electron chi connectivity index (χ3n) is 1.71. The number of rotatable bonds is 6. The Balaban J connectivity index is 3.77. The Morgan fingerprint density at radius 1 is 1.77 bits per heavy atom. The molecule has 0 heterocycles. The summed E-state index contributed by atoms with van der Waals surface area (Å²) in [6, 6.07) is -0.563. The van der Waals surface area contributed by atoms with E-state index in [-0.39, 0.29) is 18.6 Å². The van der Waals surface area contributed by atoms with E-state index < -0.39 is 6.04 Å². The molecule has 4 nitrogen and oxygen atoms in total. The number of nitrogens with one attached hydrogen (secondary N) is 1. The highest BCUT2D eigenvalue weighted by atomic mass is 16.3. The Labute approximate surface area is 78.8 Å². The second-order valence-electron chi connectivity index (χ2n) is 3.05. The van der Waals surface area contributed by atoms with E-state index in [1.165, 1.54) is 0 Å². The van der Waals surface area contributed by atoms with Crippen LogP contribution in [0.15, 0.2) is 12.7 Å². The Morgan fingerprint density at radius 2 is 2.38 bits per heavy atom. The summed E-state index contributed by atoms with van der Waals surface area (Å²) in [6.07, 6.45) is 2.63. The molecule has 0 spiro atoms. The highest BCUT2D eigenvalue weighted by Gasteiger charge is 2.13. The fraction of sp³-hybridized carbons (Fsp3) is 0.667. The molecular weight excluding hydrogens is 168 g/mol. The fourth-order valence-electron chi connectivity index (χ4n) is 0.902. The van der Waals surface area contributed by atoms with Crippen molar-refractivity contribution in [2.75, 3.05) is 6.61 Å². The number of aliphatic hydroxyl groups is 1. The van der Waals surface area contributed by atoms with Gasteiger partial charge in [-0.05, 0) is 19.8 Å². The van der Waals surface area contributed by atoms with Crippen molar-refractivity contribution in [1.82, 2.24) is 5.32 Å². The molecule has 0 rings (SSSR count). The summed E-state index contributed by atoms with van der Waals surface area (Å²) in [6.45, 7) is 5.39. The minimum atomic E-state index is -0.529. The van der Waals surface area contributed by atoms with Crippen molar-refractivity contribution in [2.24, 2.45) is 5.73 Å². The third-order valence-corrected chi connectivity index (χ3v) is 1.71. The Hall–Kier alpha value is -0.870. The zero-order valence-corrected chi connectivity index (χ0v) is 7.99. The van der Waals surface area contributed by atoms with Crippen molar-refractivity contribution >= 4 is 5.91 Å². The molecule has 0 aliphatic heterocycles. The smallest absolute Gasteiger partial charge is 0.237 e. The summed E-state index contributed by atoms with van der Waals surface area (Å²) in [5.74, 6) is -0.194. The maximum atomic E-state index is 11.3. The van der Waals surface area contributed by atoms with Crippen LogP contribution in [0.3, 0.4) is 0 Å². The molecule has 1 amide bonds. The van der Waals surface area contributed by atoms with Crippen LogP contribution >= 0.6 is 0 Å². The van der Waals surface area contributed by atoms with E-state index in [0.717, 1.165) is 0 Å². The van der Waals surface area contributed by atoms with Gasteiger partial charge in [-0.3, -0.25) is 4.79 Å². The Morgan fingerprint density at radius 3 is 2.85 bits per heavy atom. The van der Waals surface area contributed by atoms with Crippen molar-refractivity contribution in [3.05, 3.63) is 12.7 Å². The van der Waals surface area contributed by atoms with Gasteiger partial charge in [0.25, 0.3) is 0 Å². The maximum Gasteiger partial charge on any atom is 0.237 e. The van der Waals surface area contributed by atoms with E-state index in [2.05, 4.69) is 11.9 Å². The lowest BCUT2D eigenvalue weighted by Gasteiger charge is -2.15. The highest BCUT2D eigenvalue weighted by Crippen LogP contribution is 1.93. The van der Waals surface area contributed by atoms with Gasteiger partial charge >= 0.3 is 0 Å². The molecule has 0 aromatic carbocycles. The van der Waals surface area contributed by atoms with Crippen molar-refractivity contribution in [2.45, 2.75) is 31.8 Å². The number of carbonyl (C=O) groups excluding carboxylic acids is 1. The predicted octanol–water partition coefficient (Wildman–Crippen LogP) is -0.223. The van der Waals surface area contributed by atoms with Gasteiger partial charge in [0.2, 0.25) is 5.91 Å². The fourth-order valence-corrected chi connectivity index (χ4v) is 0.902. The van der Waals surface area contributed by atoms with Gasteiger partial charge in [0.15, 0.2) is 0 Å². The molecule has 4 N–H and O–H groups in total. The first kappa shape index (κ1) is 12.1. The van der Waals surface area contributed by atoms with Gasteiger partial charge in [-0.2, -0.15) is 0 Å². The van der Waals surface area contributed by atoms with Crippen LogP contribution in [-0.2, 0) is 4.79 Å². The minimum absolute atomic E-state index is 0.0339. The van der Waals surface area contributed by atoms with E-state index in [0.29, 0.717) is 12.8 Å². The van der Waals surface area contributed by atoms with Gasteiger partial charge in [-0.15, -0.1) is 6.58 Å². The van der Waals surface area contributed by atoms with Gasteiger partial charge in [0.05, 0.1) is 6.04 Å². The zero-order chi connectivity index (χ0) is 10.3. The van der Waals surface area contributed by atoms with Crippen LogP contribution < -0.4 is 11.1 Å². The Kier molecular flexibility index (Phi) is 6.18. The molecule has 4 heteroatoms. The average Bonchev–Trinajstić information content (AvgIpc) is 2.05. The number of carbonyl (C=O) groups is 1. The summed E-state index contributed by atoms with van der Waals surface area (Å²) in [7, 11) is 0. The van der Waals surface area contributed by atoms with E-state index >= 15 is 0 Å². The molecule has 2 atom stereocenters. The van der Waals surface area contributed by atoms with Crippen LogP contribution in [0.25, 0.3) is 0 Å². The normalized spacial score (nSPS) is 14.7. The SMILES string of the molecule is C=CCC(N)C(=O)NC(C)CCO. The summed E-state index contributed by atoms with van der Waals surface area (Å²) >= 11 is 0. The van der Waals surface area contributed by atoms with Gasteiger partial charge in [0.1, 0.15) is 0 Å². The monoisotopic (exact) mass is 186 g/mol. The van der Waals surface area contributed by atoms with Crippen molar-refractivity contribution in [1.29, 1.82) is 0 Å². The van der Waals surface area contributed by atoms with Crippen molar-refractivity contribution in [3.63, 3.8) is 0 Å². The summed E-state index contributed by atoms with van der Waals surface area (Å²) in [5, 5.41) is 11.3. The predicted molar refractivity (Wildman–Crippen MR) is 52.1 cm³/mol. The summed E-state index contributed by atoms with van der Waals surface area (Å²) in [4.78, 5) is 11.3. The molecule has 0 aliphatic rings. The lowest BCUT2D eigenvalue weighted by molar-refractivity contribution is -0.122. The van der Waals surface area contributed by atoms with E-state index in [1.807, 2.05) is 6.92 Å². The van der Waals surface area contributed by atoms with Crippen LogP contribution in [0, 0.1) is 0 Å². The number of aliphatic hydroxyl groups excluding tert-OH is 1. The summed E-state index contributed by atoms with van der Waals surface area (Å²) < 4.78 is 0. The van der Waals surface area contributed by atoms with Crippen LogP contribution in [0.2, 0.25) is 0 Å². The maximum absolute atomic E-state index is 11.3. The van der Waals surface area contributed by atoms with Crippen LogP contribution in [0.1, 0.15) is 19.8 Å². The first-order chi connectivity index (χ1) is 6.11. The average molecular weight is 186 g/mol. The van der Waals surface area contributed by atoms with Crippen molar-refractivity contribution < 1.29 is 9.90 Å². The van der Waals surface area contributed by atoms with Crippen LogP contribution in [-0.4, -0.2) is 29.7 Å². The lowest BCUT2D eigenvalue weighted by atomic mass is 10.2. The largest absolute Gasteiger partial charge is 0.396 e. The molecule has 0 saturated heterocycles. The molecule has 0 aliphatic carbocycles. The second-order valence-corrected chi connectivity index (χ2v) is 3.05. The van der Waals surface area contributed by atoms with Crippen molar-refractivity contribution in [3.8, 4) is 0 Å². The molecule has 0 bridgehead atoms. The molecule has 0 radical (unpaired) electrons. The topological polar surface area (TPSA) is 75.4 Å². The number of hydrogen-bond acceptors (Lipinski definition) is 3. The molecule has 76 valence electrons. The molecular formula is C9H18N2O2.